The Kier molecular flexibility index (Phi) is 4.98. The van der Waals surface area contributed by atoms with Crippen molar-refractivity contribution in [3.05, 3.63) is 24.3 Å². The fourth-order valence-electron chi connectivity index (χ4n) is 1.02. The molecule has 0 spiro atoms. The number of halogens is 1. The van der Waals surface area contributed by atoms with E-state index in [-0.39, 0.29) is 11.7 Å². The van der Waals surface area contributed by atoms with Gasteiger partial charge in [0.15, 0.2) is 5.78 Å². The lowest BCUT2D eigenvalue weighted by Gasteiger charge is -2.05. The van der Waals surface area contributed by atoms with Crippen molar-refractivity contribution in [1.29, 1.82) is 0 Å². The third kappa shape index (κ3) is 4.21. The van der Waals surface area contributed by atoms with E-state index in [0.29, 0.717) is 13.0 Å². The van der Waals surface area contributed by atoms with Crippen LogP contribution in [0.5, 0.6) is 11.5 Å². The number of methoxy groups -OCH3 is 1. The largest absolute Gasteiger partial charge is 0.497 e. The second-order valence-electron chi connectivity index (χ2n) is 2.95. The summed E-state index contributed by atoms with van der Waals surface area (Å²) in [6.45, 7) is 0.359. The minimum Gasteiger partial charge on any atom is -0.497 e. The van der Waals surface area contributed by atoms with Crippen molar-refractivity contribution in [1.82, 2.24) is 0 Å². The summed E-state index contributed by atoms with van der Waals surface area (Å²) in [5, 5.41) is 0. The van der Waals surface area contributed by atoms with Gasteiger partial charge in [-0.25, -0.2) is 0 Å². The molecule has 0 aromatic heterocycles. The van der Waals surface area contributed by atoms with Gasteiger partial charge in [0.1, 0.15) is 11.5 Å². The van der Waals surface area contributed by atoms with Crippen molar-refractivity contribution in [2.24, 2.45) is 0 Å². The minimum atomic E-state index is -0.00909. The highest BCUT2D eigenvalue weighted by molar-refractivity contribution is 6.27. The number of Topliss-reactive ketones (excluding diaryl/α,β-unsaturated/α-hetero) is 1. The summed E-state index contributed by atoms with van der Waals surface area (Å²) >= 11 is 5.35. The van der Waals surface area contributed by atoms with Gasteiger partial charge < -0.3 is 9.47 Å². The van der Waals surface area contributed by atoms with Crippen LogP contribution >= 0.6 is 11.6 Å². The van der Waals surface area contributed by atoms with Crippen LogP contribution < -0.4 is 9.47 Å². The molecule has 0 saturated carbocycles. The van der Waals surface area contributed by atoms with Gasteiger partial charge in [-0.2, -0.15) is 0 Å². The molecule has 0 atom stereocenters. The molecule has 1 aromatic carbocycles. The number of alkyl halides is 1. The first kappa shape index (κ1) is 11.9. The molecule has 0 saturated heterocycles. The van der Waals surface area contributed by atoms with Gasteiger partial charge in [-0.1, -0.05) is 0 Å². The van der Waals surface area contributed by atoms with Gasteiger partial charge in [0.05, 0.1) is 19.6 Å². The number of rotatable bonds is 6. The molecule has 1 aromatic rings. The zero-order valence-corrected chi connectivity index (χ0v) is 9.29. The zero-order valence-electron chi connectivity index (χ0n) is 8.53. The van der Waals surface area contributed by atoms with Gasteiger partial charge in [0.25, 0.3) is 0 Å². The van der Waals surface area contributed by atoms with Gasteiger partial charge in [-0.05, 0) is 24.3 Å². The summed E-state index contributed by atoms with van der Waals surface area (Å²) in [6.07, 6.45) is 0.343. The fraction of sp³-hybridized carbons (Fsp3) is 0.364. The SMILES string of the molecule is COc1ccc(OCCC(=O)CCl)cc1. The second-order valence-corrected chi connectivity index (χ2v) is 3.21. The maximum atomic E-state index is 10.9. The first-order valence-electron chi connectivity index (χ1n) is 4.61. The molecule has 0 aliphatic heterocycles. The molecule has 0 aliphatic rings. The molecule has 0 amide bonds. The molecule has 3 nitrogen and oxygen atoms in total. The molecule has 0 aliphatic carbocycles. The van der Waals surface area contributed by atoms with Gasteiger partial charge in [0, 0.05) is 6.42 Å². The molecule has 4 heteroatoms. The molecule has 0 heterocycles. The van der Waals surface area contributed by atoms with E-state index >= 15 is 0 Å². The average Bonchev–Trinajstić information content (AvgIpc) is 2.29. The van der Waals surface area contributed by atoms with Crippen LogP contribution in [0.3, 0.4) is 0 Å². The maximum Gasteiger partial charge on any atom is 0.150 e. The second kappa shape index (κ2) is 6.30. The number of benzene rings is 1. The lowest BCUT2D eigenvalue weighted by Crippen LogP contribution is -2.06. The van der Waals surface area contributed by atoms with Crippen LogP contribution in [0.15, 0.2) is 24.3 Å². The number of carbonyl (C=O) groups excluding carboxylic acids is 1. The van der Waals surface area contributed by atoms with E-state index in [9.17, 15) is 4.79 Å². The molecule has 0 fully saturated rings. The molecule has 0 radical (unpaired) electrons. The normalized spacial score (nSPS) is 9.73. The van der Waals surface area contributed by atoms with Crippen LogP contribution in [0, 0.1) is 0 Å². The Morgan fingerprint density at radius 2 is 1.87 bits per heavy atom. The standard InChI is InChI=1S/C11H13ClO3/c1-14-10-2-4-11(5-3-10)15-7-6-9(13)8-12/h2-5H,6-8H2,1H3. The third-order valence-corrected chi connectivity index (χ3v) is 2.16. The smallest absolute Gasteiger partial charge is 0.150 e. The van der Waals surface area contributed by atoms with Gasteiger partial charge in [-0.3, -0.25) is 4.79 Å². The zero-order chi connectivity index (χ0) is 11.1. The van der Waals surface area contributed by atoms with Crippen molar-refractivity contribution in [3.8, 4) is 11.5 Å². The van der Waals surface area contributed by atoms with Crippen LogP contribution in [-0.2, 0) is 4.79 Å². The number of hydrogen-bond acceptors (Lipinski definition) is 3. The van der Waals surface area contributed by atoms with Gasteiger partial charge in [0.2, 0.25) is 0 Å². The Bertz CT molecular complexity index is 308. The van der Waals surface area contributed by atoms with E-state index in [1.165, 1.54) is 0 Å². The Morgan fingerprint density at radius 1 is 1.27 bits per heavy atom. The van der Waals surface area contributed by atoms with Crippen LogP contribution in [-0.4, -0.2) is 25.4 Å². The van der Waals surface area contributed by atoms with Gasteiger partial charge >= 0.3 is 0 Å². The summed E-state index contributed by atoms with van der Waals surface area (Å²) in [6, 6.07) is 7.20. The summed E-state index contributed by atoms with van der Waals surface area (Å²) < 4.78 is 10.3. The predicted molar refractivity (Wildman–Crippen MR) is 58.8 cm³/mol. The van der Waals surface area contributed by atoms with E-state index < -0.39 is 0 Å². The highest BCUT2D eigenvalue weighted by Crippen LogP contribution is 2.16. The van der Waals surface area contributed by atoms with Crippen molar-refractivity contribution < 1.29 is 14.3 Å². The Balaban J connectivity index is 2.34. The quantitative estimate of drug-likeness (QED) is 0.701. The van der Waals surface area contributed by atoms with Crippen LogP contribution in [0.2, 0.25) is 0 Å². The molecule has 82 valence electrons. The molecular formula is C11H13ClO3. The van der Waals surface area contributed by atoms with E-state index in [1.54, 1.807) is 31.4 Å². The Labute approximate surface area is 93.9 Å². The molecule has 1 rings (SSSR count). The molecule has 15 heavy (non-hydrogen) atoms. The third-order valence-electron chi connectivity index (χ3n) is 1.86. The first-order chi connectivity index (χ1) is 7.26. The lowest BCUT2D eigenvalue weighted by atomic mass is 10.3. The van der Waals surface area contributed by atoms with Crippen molar-refractivity contribution >= 4 is 17.4 Å². The molecule has 0 unspecified atom stereocenters. The summed E-state index contributed by atoms with van der Waals surface area (Å²) in [4.78, 5) is 10.9. The summed E-state index contributed by atoms with van der Waals surface area (Å²) in [5.41, 5.74) is 0. The van der Waals surface area contributed by atoms with Crippen molar-refractivity contribution in [3.63, 3.8) is 0 Å². The van der Waals surface area contributed by atoms with Crippen molar-refractivity contribution in [2.75, 3.05) is 19.6 Å². The number of ketones is 1. The fourth-order valence-corrected chi connectivity index (χ4v) is 1.16. The first-order valence-corrected chi connectivity index (χ1v) is 5.14. The number of ether oxygens (including phenoxy) is 2. The maximum absolute atomic E-state index is 10.9. The lowest BCUT2D eigenvalue weighted by molar-refractivity contribution is -0.117. The van der Waals surface area contributed by atoms with Crippen LogP contribution in [0.25, 0.3) is 0 Å². The van der Waals surface area contributed by atoms with Crippen molar-refractivity contribution in [2.45, 2.75) is 6.42 Å². The Hall–Kier alpha value is -1.22. The summed E-state index contributed by atoms with van der Waals surface area (Å²) in [5.74, 6) is 1.54. The Morgan fingerprint density at radius 3 is 2.40 bits per heavy atom. The number of carbonyl (C=O) groups is 1. The van der Waals surface area contributed by atoms with Gasteiger partial charge in [-0.15, -0.1) is 11.6 Å². The molecule has 0 bridgehead atoms. The topological polar surface area (TPSA) is 35.5 Å². The predicted octanol–water partition coefficient (Wildman–Crippen LogP) is 2.27. The van der Waals surface area contributed by atoms with E-state index in [4.69, 9.17) is 21.1 Å². The van der Waals surface area contributed by atoms with E-state index in [1.807, 2.05) is 0 Å². The minimum absolute atomic E-state index is 0.00909. The van der Waals surface area contributed by atoms with Crippen LogP contribution in [0.4, 0.5) is 0 Å². The number of hydrogen-bond donors (Lipinski definition) is 0. The highest BCUT2D eigenvalue weighted by Gasteiger charge is 2.00. The van der Waals surface area contributed by atoms with E-state index in [0.717, 1.165) is 11.5 Å². The van der Waals surface area contributed by atoms with E-state index in [2.05, 4.69) is 0 Å². The average molecular weight is 229 g/mol. The summed E-state index contributed by atoms with van der Waals surface area (Å²) in [7, 11) is 1.61. The highest BCUT2D eigenvalue weighted by atomic mass is 35.5. The van der Waals surface area contributed by atoms with Crippen LogP contribution in [0.1, 0.15) is 6.42 Å². The molecular weight excluding hydrogens is 216 g/mol. The molecule has 0 N–H and O–H groups in total. The monoisotopic (exact) mass is 228 g/mol.